The van der Waals surface area contributed by atoms with Gasteiger partial charge in [-0.2, -0.15) is 0 Å². The molecule has 0 aromatic heterocycles. The van der Waals surface area contributed by atoms with Crippen LogP contribution in [0.15, 0.2) is 18.2 Å². The maximum Gasteiger partial charge on any atom is 0.326 e. The van der Waals surface area contributed by atoms with E-state index >= 15 is 0 Å². The lowest BCUT2D eigenvalue weighted by molar-refractivity contribution is -0.139. The number of aryl methyl sites for hydroxylation is 1. The van der Waals surface area contributed by atoms with Gasteiger partial charge in [0.05, 0.1) is 0 Å². The topological polar surface area (TPSA) is 98.7 Å². The third-order valence-electron chi connectivity index (χ3n) is 2.47. The van der Waals surface area contributed by atoms with Crippen LogP contribution in [0.2, 0.25) is 5.02 Å². The number of benzene rings is 1. The minimum Gasteiger partial charge on any atom is -0.480 e. The van der Waals surface area contributed by atoms with Crippen LogP contribution in [0.25, 0.3) is 0 Å². The van der Waals surface area contributed by atoms with Crippen LogP contribution in [0.3, 0.4) is 0 Å². The zero-order valence-corrected chi connectivity index (χ0v) is 11.1. The lowest BCUT2D eigenvalue weighted by Crippen LogP contribution is -2.43. The molecule has 1 atom stereocenters. The number of aliphatic hydroxyl groups excluding tert-OH is 1. The van der Waals surface area contributed by atoms with Gasteiger partial charge in [0.1, 0.15) is 6.04 Å². The van der Waals surface area contributed by atoms with Crippen molar-refractivity contribution in [2.75, 3.05) is 11.9 Å². The Balaban J connectivity index is 2.68. The van der Waals surface area contributed by atoms with Gasteiger partial charge < -0.3 is 20.8 Å². The Morgan fingerprint density at radius 3 is 2.68 bits per heavy atom. The summed E-state index contributed by atoms with van der Waals surface area (Å²) in [7, 11) is 0. The first-order valence-corrected chi connectivity index (χ1v) is 5.99. The Bertz CT molecular complexity index is 479. The molecule has 1 aromatic rings. The third kappa shape index (κ3) is 4.76. The molecule has 6 nitrogen and oxygen atoms in total. The summed E-state index contributed by atoms with van der Waals surface area (Å²) in [5, 5.41) is 22.8. The zero-order valence-electron chi connectivity index (χ0n) is 10.3. The predicted octanol–water partition coefficient (Wildman–Crippen LogP) is 1.61. The van der Waals surface area contributed by atoms with Crippen LogP contribution in [0.5, 0.6) is 0 Å². The van der Waals surface area contributed by atoms with Crippen LogP contribution in [0, 0.1) is 6.92 Å². The van der Waals surface area contributed by atoms with Crippen LogP contribution in [-0.4, -0.2) is 34.9 Å². The maximum atomic E-state index is 11.7. The first-order chi connectivity index (χ1) is 8.93. The number of carbonyl (C=O) groups is 2. The fourth-order valence-corrected chi connectivity index (χ4v) is 1.60. The molecule has 104 valence electrons. The largest absolute Gasteiger partial charge is 0.480 e. The van der Waals surface area contributed by atoms with Gasteiger partial charge in [0.25, 0.3) is 0 Å². The average molecular weight is 287 g/mol. The van der Waals surface area contributed by atoms with Crippen molar-refractivity contribution < 1.29 is 19.8 Å². The van der Waals surface area contributed by atoms with Crippen molar-refractivity contribution in [1.82, 2.24) is 5.32 Å². The van der Waals surface area contributed by atoms with Gasteiger partial charge in [0, 0.05) is 23.7 Å². The number of nitrogens with one attached hydrogen (secondary N) is 2. The monoisotopic (exact) mass is 286 g/mol. The predicted molar refractivity (Wildman–Crippen MR) is 71.5 cm³/mol. The van der Waals surface area contributed by atoms with E-state index in [2.05, 4.69) is 10.6 Å². The number of anilines is 1. The average Bonchev–Trinajstić information content (AvgIpc) is 2.33. The van der Waals surface area contributed by atoms with E-state index < -0.39 is 18.0 Å². The van der Waals surface area contributed by atoms with Gasteiger partial charge >= 0.3 is 12.0 Å². The molecule has 7 heteroatoms. The fourth-order valence-electron chi connectivity index (χ4n) is 1.43. The minimum absolute atomic E-state index is 0.0583. The summed E-state index contributed by atoms with van der Waals surface area (Å²) in [6.07, 6.45) is -0.0583. The van der Waals surface area contributed by atoms with E-state index in [0.29, 0.717) is 10.7 Å². The molecule has 0 fully saturated rings. The van der Waals surface area contributed by atoms with Gasteiger partial charge in [-0.1, -0.05) is 17.7 Å². The van der Waals surface area contributed by atoms with Crippen molar-refractivity contribution in [1.29, 1.82) is 0 Å². The van der Waals surface area contributed by atoms with Crippen LogP contribution in [-0.2, 0) is 4.79 Å². The second-order valence-electron chi connectivity index (χ2n) is 3.96. The SMILES string of the molecule is Cc1ccc(Cl)cc1NC(=O)N[C@H](CCO)C(=O)O. The molecular weight excluding hydrogens is 272 g/mol. The van der Waals surface area contributed by atoms with Gasteiger partial charge in [-0.05, 0) is 24.6 Å². The zero-order chi connectivity index (χ0) is 14.4. The molecule has 0 radical (unpaired) electrons. The molecule has 19 heavy (non-hydrogen) atoms. The smallest absolute Gasteiger partial charge is 0.326 e. The normalized spacial score (nSPS) is 11.7. The maximum absolute atomic E-state index is 11.7. The van der Waals surface area contributed by atoms with Crippen LogP contribution in [0.4, 0.5) is 10.5 Å². The molecule has 0 aliphatic carbocycles. The number of amides is 2. The van der Waals surface area contributed by atoms with Crippen molar-refractivity contribution in [2.45, 2.75) is 19.4 Å². The highest BCUT2D eigenvalue weighted by Gasteiger charge is 2.19. The lowest BCUT2D eigenvalue weighted by Gasteiger charge is -2.15. The van der Waals surface area contributed by atoms with Crippen LogP contribution < -0.4 is 10.6 Å². The minimum atomic E-state index is -1.20. The number of aliphatic carboxylic acids is 1. The molecule has 0 heterocycles. The van der Waals surface area contributed by atoms with Crippen LogP contribution >= 0.6 is 11.6 Å². The summed E-state index contributed by atoms with van der Waals surface area (Å²) in [6.45, 7) is 1.46. The summed E-state index contributed by atoms with van der Waals surface area (Å²) < 4.78 is 0. The molecule has 1 aromatic carbocycles. The fraction of sp³-hybridized carbons (Fsp3) is 0.333. The number of hydrogen-bond donors (Lipinski definition) is 4. The van der Waals surface area contributed by atoms with Crippen molar-refractivity contribution in [3.63, 3.8) is 0 Å². The molecule has 0 spiro atoms. The first-order valence-electron chi connectivity index (χ1n) is 5.61. The van der Waals surface area contributed by atoms with Gasteiger partial charge in [0.2, 0.25) is 0 Å². The van der Waals surface area contributed by atoms with Gasteiger partial charge in [-0.15, -0.1) is 0 Å². The molecule has 1 rings (SSSR count). The number of urea groups is 1. The Labute approximate surface area is 115 Å². The van der Waals surface area contributed by atoms with E-state index in [-0.39, 0.29) is 13.0 Å². The highest BCUT2D eigenvalue weighted by Crippen LogP contribution is 2.19. The van der Waals surface area contributed by atoms with Crippen LogP contribution in [0.1, 0.15) is 12.0 Å². The highest BCUT2D eigenvalue weighted by atomic mass is 35.5. The molecule has 0 aliphatic rings. The molecule has 0 saturated heterocycles. The summed E-state index contributed by atoms with van der Waals surface area (Å²) in [5.74, 6) is -1.20. The molecule has 0 aliphatic heterocycles. The van der Waals surface area contributed by atoms with Gasteiger partial charge in [-0.25, -0.2) is 9.59 Å². The number of halogens is 1. The van der Waals surface area contributed by atoms with Crippen molar-refractivity contribution >= 4 is 29.3 Å². The Kier molecular flexibility index (Phi) is 5.59. The van der Waals surface area contributed by atoms with E-state index in [9.17, 15) is 9.59 Å². The number of carboxylic acid groups (broad SMARTS) is 1. The van der Waals surface area contributed by atoms with Crippen molar-refractivity contribution in [3.05, 3.63) is 28.8 Å². The molecular formula is C12H15ClN2O4. The second-order valence-corrected chi connectivity index (χ2v) is 4.40. The summed E-state index contributed by atoms with van der Waals surface area (Å²) >= 11 is 5.81. The highest BCUT2D eigenvalue weighted by molar-refractivity contribution is 6.31. The van der Waals surface area contributed by atoms with E-state index in [1.807, 2.05) is 0 Å². The Hall–Kier alpha value is -1.79. The van der Waals surface area contributed by atoms with E-state index in [1.165, 1.54) is 0 Å². The first kappa shape index (κ1) is 15.3. The van der Waals surface area contributed by atoms with Gasteiger partial charge in [0.15, 0.2) is 0 Å². The van der Waals surface area contributed by atoms with E-state index in [4.69, 9.17) is 21.8 Å². The number of hydrogen-bond acceptors (Lipinski definition) is 3. The van der Waals surface area contributed by atoms with Crippen molar-refractivity contribution in [2.24, 2.45) is 0 Å². The summed E-state index contributed by atoms with van der Waals surface area (Å²) in [5.41, 5.74) is 1.30. The number of aliphatic hydroxyl groups is 1. The second kappa shape index (κ2) is 6.96. The van der Waals surface area contributed by atoms with Crippen molar-refractivity contribution in [3.8, 4) is 0 Å². The molecule has 2 amide bonds. The van der Waals surface area contributed by atoms with Gasteiger partial charge in [-0.3, -0.25) is 0 Å². The van der Waals surface area contributed by atoms with E-state index in [1.54, 1.807) is 25.1 Å². The quantitative estimate of drug-likeness (QED) is 0.661. The third-order valence-corrected chi connectivity index (χ3v) is 2.70. The standard InChI is InChI=1S/C12H15ClN2O4/c1-7-2-3-8(13)6-10(7)15-12(19)14-9(4-5-16)11(17)18/h2-3,6,9,16H,4-5H2,1H3,(H,17,18)(H2,14,15,19)/t9-/m1/s1. The molecule has 0 unspecified atom stereocenters. The molecule has 0 saturated carbocycles. The molecule has 0 bridgehead atoms. The van der Waals surface area contributed by atoms with E-state index in [0.717, 1.165) is 5.56 Å². The summed E-state index contributed by atoms with van der Waals surface area (Å²) in [4.78, 5) is 22.5. The number of rotatable bonds is 5. The Morgan fingerprint density at radius 1 is 1.42 bits per heavy atom. The summed E-state index contributed by atoms with van der Waals surface area (Å²) in [6, 6.07) is 3.19. The Morgan fingerprint density at radius 2 is 2.11 bits per heavy atom. The lowest BCUT2D eigenvalue weighted by atomic mass is 10.2. The number of carbonyl (C=O) groups excluding carboxylic acids is 1. The molecule has 4 N–H and O–H groups in total. The number of carboxylic acids is 1.